The number of fused-ring (bicyclic) bond motifs is 1. The van der Waals surface area contributed by atoms with Crippen molar-refractivity contribution in [2.45, 2.75) is 6.92 Å². The number of rotatable bonds is 7. The van der Waals surface area contributed by atoms with Crippen molar-refractivity contribution in [2.75, 3.05) is 18.7 Å². The van der Waals surface area contributed by atoms with Gasteiger partial charge in [0.25, 0.3) is 5.91 Å². The van der Waals surface area contributed by atoms with E-state index >= 15 is 0 Å². The number of amides is 1. The highest BCUT2D eigenvalue weighted by Gasteiger charge is 2.18. The molecule has 162 valence electrons. The highest BCUT2D eigenvalue weighted by atomic mass is 16.7. The first-order valence-electron chi connectivity index (χ1n) is 9.92. The molecule has 0 radical (unpaired) electrons. The third-order valence-corrected chi connectivity index (χ3v) is 4.71. The molecular weight excluding hydrogens is 410 g/mol. The molecule has 1 heterocycles. The van der Waals surface area contributed by atoms with Gasteiger partial charge in [0.2, 0.25) is 6.79 Å². The topological polar surface area (TPSA) is 98.2 Å². The van der Waals surface area contributed by atoms with Gasteiger partial charge in [0, 0.05) is 11.3 Å². The second kappa shape index (κ2) is 9.65. The Morgan fingerprint density at radius 2 is 1.81 bits per heavy atom. The smallest absolute Gasteiger partial charge is 0.343 e. The molecular formula is C24H21N3O5. The predicted molar refractivity (Wildman–Crippen MR) is 119 cm³/mol. The zero-order valence-electron chi connectivity index (χ0n) is 17.3. The predicted octanol–water partition coefficient (Wildman–Crippen LogP) is 3.51. The summed E-state index contributed by atoms with van der Waals surface area (Å²) in [7, 11) is 0. The summed E-state index contributed by atoms with van der Waals surface area (Å²) >= 11 is 0. The Bertz CT molecular complexity index is 1180. The molecule has 3 aromatic carbocycles. The average Bonchev–Trinajstić information content (AvgIpc) is 3.27. The summed E-state index contributed by atoms with van der Waals surface area (Å²) in [6.45, 7) is 2.16. The number of anilines is 1. The second-order valence-electron chi connectivity index (χ2n) is 6.96. The summed E-state index contributed by atoms with van der Waals surface area (Å²) in [5, 5.41) is 7.03. The Kier molecular flexibility index (Phi) is 6.31. The molecule has 0 aliphatic carbocycles. The molecule has 1 aliphatic heterocycles. The lowest BCUT2D eigenvalue weighted by Crippen LogP contribution is -2.26. The van der Waals surface area contributed by atoms with Crippen LogP contribution in [0.4, 0.5) is 5.69 Å². The number of nitrogens with one attached hydrogen (secondary N) is 2. The fourth-order valence-electron chi connectivity index (χ4n) is 3.02. The monoisotopic (exact) mass is 431 g/mol. The number of hydrazone groups is 1. The van der Waals surface area contributed by atoms with Crippen LogP contribution in [-0.4, -0.2) is 31.4 Å². The summed E-state index contributed by atoms with van der Waals surface area (Å²) in [5.41, 5.74) is 5.25. The van der Waals surface area contributed by atoms with E-state index in [1.54, 1.807) is 42.5 Å². The number of hydrogen-bond acceptors (Lipinski definition) is 7. The molecule has 0 spiro atoms. The van der Waals surface area contributed by atoms with Crippen molar-refractivity contribution in [1.29, 1.82) is 0 Å². The normalized spacial score (nSPS) is 11.9. The number of carbonyl (C=O) groups excluding carboxylic acids is 2. The van der Waals surface area contributed by atoms with Gasteiger partial charge in [-0.05, 0) is 48.9 Å². The van der Waals surface area contributed by atoms with Gasteiger partial charge < -0.3 is 19.5 Å². The van der Waals surface area contributed by atoms with Crippen LogP contribution in [-0.2, 0) is 4.79 Å². The molecule has 2 N–H and O–H groups in total. The molecule has 0 aromatic heterocycles. The minimum atomic E-state index is -0.546. The number of hydrogen-bond donors (Lipinski definition) is 2. The van der Waals surface area contributed by atoms with E-state index in [9.17, 15) is 9.59 Å². The standard InChI is InChI=1S/C24H21N3O5/c1-16-6-2-4-8-19(16)25-14-23(28)27-26-13-18-7-3-5-9-20(18)32-24(29)17-10-11-21-22(12-17)31-15-30-21/h2-13,25H,14-15H2,1H3,(H,27,28). The van der Waals surface area contributed by atoms with Crippen molar-refractivity contribution in [1.82, 2.24) is 5.43 Å². The Hall–Kier alpha value is -4.33. The highest BCUT2D eigenvalue weighted by molar-refractivity contribution is 5.94. The van der Waals surface area contributed by atoms with Crippen molar-refractivity contribution < 1.29 is 23.8 Å². The number of nitrogens with zero attached hydrogens (tertiary/aromatic N) is 1. The van der Waals surface area contributed by atoms with Crippen LogP contribution in [0.5, 0.6) is 17.2 Å². The van der Waals surface area contributed by atoms with E-state index in [4.69, 9.17) is 14.2 Å². The van der Waals surface area contributed by atoms with E-state index in [0.717, 1.165) is 11.3 Å². The van der Waals surface area contributed by atoms with Crippen molar-refractivity contribution >= 4 is 23.8 Å². The lowest BCUT2D eigenvalue weighted by molar-refractivity contribution is -0.119. The van der Waals surface area contributed by atoms with Crippen LogP contribution in [0, 0.1) is 6.92 Å². The maximum atomic E-state index is 12.6. The Balaban J connectivity index is 1.35. The fraction of sp³-hybridized carbons (Fsp3) is 0.125. The molecule has 8 heteroatoms. The molecule has 0 atom stereocenters. The first kappa shape index (κ1) is 20.9. The van der Waals surface area contributed by atoms with Crippen LogP contribution in [0.3, 0.4) is 0 Å². The first-order chi connectivity index (χ1) is 15.6. The summed E-state index contributed by atoms with van der Waals surface area (Å²) in [4.78, 5) is 24.6. The summed E-state index contributed by atoms with van der Waals surface area (Å²) in [6.07, 6.45) is 1.42. The van der Waals surface area contributed by atoms with E-state index in [-0.39, 0.29) is 19.2 Å². The number of benzene rings is 3. The van der Waals surface area contributed by atoms with E-state index in [0.29, 0.717) is 28.4 Å². The molecule has 4 rings (SSSR count). The molecule has 32 heavy (non-hydrogen) atoms. The van der Waals surface area contributed by atoms with Crippen LogP contribution in [0.25, 0.3) is 0 Å². The molecule has 3 aromatic rings. The van der Waals surface area contributed by atoms with Gasteiger partial charge in [0.05, 0.1) is 18.3 Å². The van der Waals surface area contributed by atoms with Crippen molar-refractivity contribution in [3.8, 4) is 17.2 Å². The zero-order chi connectivity index (χ0) is 22.3. The Morgan fingerprint density at radius 3 is 2.69 bits per heavy atom. The molecule has 0 bridgehead atoms. The minimum Gasteiger partial charge on any atom is -0.454 e. The Morgan fingerprint density at radius 1 is 1.03 bits per heavy atom. The van der Waals surface area contributed by atoms with Crippen LogP contribution in [0.1, 0.15) is 21.5 Å². The number of ether oxygens (including phenoxy) is 3. The zero-order valence-corrected chi connectivity index (χ0v) is 17.3. The molecule has 0 fully saturated rings. The van der Waals surface area contributed by atoms with Crippen LogP contribution in [0.15, 0.2) is 71.8 Å². The third kappa shape index (κ3) is 5.04. The van der Waals surface area contributed by atoms with Gasteiger partial charge in [-0.2, -0.15) is 5.10 Å². The molecule has 0 saturated heterocycles. The SMILES string of the molecule is Cc1ccccc1NCC(=O)NN=Cc1ccccc1OC(=O)c1ccc2c(c1)OCO2. The maximum Gasteiger partial charge on any atom is 0.343 e. The summed E-state index contributed by atoms with van der Waals surface area (Å²) < 4.78 is 16.1. The van der Waals surface area contributed by atoms with Crippen LogP contribution in [0.2, 0.25) is 0 Å². The maximum absolute atomic E-state index is 12.6. The fourth-order valence-corrected chi connectivity index (χ4v) is 3.02. The number of para-hydroxylation sites is 2. The van der Waals surface area contributed by atoms with E-state index in [2.05, 4.69) is 15.8 Å². The molecule has 0 saturated carbocycles. The summed E-state index contributed by atoms with van der Waals surface area (Å²) in [5.74, 6) is 0.541. The van der Waals surface area contributed by atoms with Crippen molar-refractivity contribution in [3.05, 3.63) is 83.4 Å². The van der Waals surface area contributed by atoms with Gasteiger partial charge in [-0.25, -0.2) is 10.2 Å². The molecule has 1 aliphatic rings. The second-order valence-corrected chi connectivity index (χ2v) is 6.96. The van der Waals surface area contributed by atoms with Gasteiger partial charge in [-0.1, -0.05) is 30.3 Å². The average molecular weight is 431 g/mol. The molecule has 8 nitrogen and oxygen atoms in total. The molecule has 0 unspecified atom stereocenters. The number of esters is 1. The van der Waals surface area contributed by atoms with Gasteiger partial charge in [0.15, 0.2) is 11.5 Å². The third-order valence-electron chi connectivity index (χ3n) is 4.71. The minimum absolute atomic E-state index is 0.0724. The lowest BCUT2D eigenvalue weighted by Gasteiger charge is -2.09. The van der Waals surface area contributed by atoms with Crippen molar-refractivity contribution in [3.63, 3.8) is 0 Å². The van der Waals surface area contributed by atoms with Gasteiger partial charge in [0.1, 0.15) is 5.75 Å². The summed E-state index contributed by atoms with van der Waals surface area (Å²) in [6, 6.07) is 19.4. The van der Waals surface area contributed by atoms with E-state index in [1.165, 1.54) is 6.21 Å². The van der Waals surface area contributed by atoms with E-state index in [1.807, 2.05) is 31.2 Å². The largest absolute Gasteiger partial charge is 0.454 e. The number of aryl methyl sites for hydroxylation is 1. The molecule has 1 amide bonds. The van der Waals surface area contributed by atoms with Crippen LogP contribution >= 0.6 is 0 Å². The quantitative estimate of drug-likeness (QED) is 0.257. The van der Waals surface area contributed by atoms with Gasteiger partial charge in [-0.15, -0.1) is 0 Å². The Labute approximate surface area is 184 Å². The first-order valence-corrected chi connectivity index (χ1v) is 9.92. The van der Waals surface area contributed by atoms with Crippen LogP contribution < -0.4 is 25.0 Å². The number of carbonyl (C=O) groups is 2. The highest BCUT2D eigenvalue weighted by Crippen LogP contribution is 2.32. The van der Waals surface area contributed by atoms with Crippen molar-refractivity contribution in [2.24, 2.45) is 5.10 Å². The lowest BCUT2D eigenvalue weighted by atomic mass is 10.2. The van der Waals surface area contributed by atoms with E-state index < -0.39 is 5.97 Å². The van der Waals surface area contributed by atoms with Gasteiger partial charge in [-0.3, -0.25) is 4.79 Å². The van der Waals surface area contributed by atoms with Gasteiger partial charge >= 0.3 is 5.97 Å².